The van der Waals surface area contributed by atoms with Crippen LogP contribution in [0.3, 0.4) is 0 Å². The lowest BCUT2D eigenvalue weighted by atomic mass is 10.1. The predicted molar refractivity (Wildman–Crippen MR) is 88.8 cm³/mol. The minimum absolute atomic E-state index is 0.168. The molecule has 4 nitrogen and oxygen atoms in total. The molecule has 2 aromatic carbocycles. The molecule has 2 rings (SSSR count). The molecule has 0 spiro atoms. The Morgan fingerprint density at radius 3 is 2.35 bits per heavy atom. The van der Waals surface area contributed by atoms with E-state index in [1.54, 1.807) is 12.1 Å². The third-order valence-corrected chi connectivity index (χ3v) is 4.16. The van der Waals surface area contributed by atoms with Gasteiger partial charge in [0.05, 0.1) is 5.69 Å². The third kappa shape index (κ3) is 3.20. The third-order valence-electron chi connectivity index (χ3n) is 2.84. The van der Waals surface area contributed by atoms with E-state index in [1.807, 2.05) is 31.2 Å². The zero-order chi connectivity index (χ0) is 14.7. The van der Waals surface area contributed by atoms with Crippen molar-refractivity contribution in [3.8, 4) is 0 Å². The van der Waals surface area contributed by atoms with Crippen LogP contribution in [-0.4, -0.2) is 5.91 Å². The molecule has 0 radical (unpaired) electrons. The Bertz CT molecular complexity index is 639. The van der Waals surface area contributed by atoms with E-state index in [0.717, 1.165) is 20.2 Å². The Balaban J connectivity index is 2.29. The smallest absolute Gasteiger partial charge is 0.255 e. The summed E-state index contributed by atoms with van der Waals surface area (Å²) in [6.45, 7) is 1.87. The van der Waals surface area contributed by atoms with Crippen molar-refractivity contribution in [3.63, 3.8) is 0 Å². The van der Waals surface area contributed by atoms with Gasteiger partial charge in [-0.3, -0.25) is 10.6 Å². The van der Waals surface area contributed by atoms with Crippen LogP contribution in [0, 0.1) is 6.92 Å². The second-order valence-electron chi connectivity index (χ2n) is 4.22. The van der Waals surface area contributed by atoms with Gasteiger partial charge in [0.15, 0.2) is 0 Å². The Hall–Kier alpha value is -1.37. The molecular formula is C14H13Br2N3O. The molecule has 0 saturated carbocycles. The average molecular weight is 399 g/mol. The summed E-state index contributed by atoms with van der Waals surface area (Å²) in [7, 11) is 0. The van der Waals surface area contributed by atoms with Crippen LogP contribution in [0.25, 0.3) is 0 Å². The van der Waals surface area contributed by atoms with E-state index in [-0.39, 0.29) is 5.91 Å². The van der Waals surface area contributed by atoms with Gasteiger partial charge in [0.25, 0.3) is 5.91 Å². The van der Waals surface area contributed by atoms with Gasteiger partial charge in [0, 0.05) is 20.2 Å². The molecule has 0 heterocycles. The lowest BCUT2D eigenvalue weighted by Crippen LogP contribution is -2.15. The highest BCUT2D eigenvalue weighted by Gasteiger charge is 2.13. The van der Waals surface area contributed by atoms with Gasteiger partial charge in [-0.25, -0.2) is 0 Å². The lowest BCUT2D eigenvalue weighted by molar-refractivity contribution is 0.102. The SMILES string of the molecule is Cc1cc(NN)ccc1C(=O)Nc1c(Br)cccc1Br. The van der Waals surface area contributed by atoms with Gasteiger partial charge >= 0.3 is 0 Å². The number of hydrogen-bond acceptors (Lipinski definition) is 3. The molecule has 0 aliphatic carbocycles. The summed E-state index contributed by atoms with van der Waals surface area (Å²) in [6.07, 6.45) is 0. The number of rotatable bonds is 3. The fourth-order valence-electron chi connectivity index (χ4n) is 1.81. The van der Waals surface area contributed by atoms with Gasteiger partial charge in [0.1, 0.15) is 0 Å². The average Bonchev–Trinajstić information content (AvgIpc) is 2.42. The maximum absolute atomic E-state index is 12.3. The number of aryl methyl sites for hydroxylation is 1. The Labute approximate surface area is 134 Å². The van der Waals surface area contributed by atoms with Crippen molar-refractivity contribution in [2.45, 2.75) is 6.92 Å². The molecule has 0 atom stereocenters. The number of hydrogen-bond donors (Lipinski definition) is 3. The first-order chi connectivity index (χ1) is 9.52. The van der Waals surface area contributed by atoms with E-state index < -0.39 is 0 Å². The summed E-state index contributed by atoms with van der Waals surface area (Å²) in [5.41, 5.74) is 5.48. The maximum atomic E-state index is 12.3. The zero-order valence-corrected chi connectivity index (χ0v) is 13.9. The van der Waals surface area contributed by atoms with Crippen LogP contribution in [-0.2, 0) is 0 Å². The predicted octanol–water partition coefficient (Wildman–Crippen LogP) is 4.06. The Kier molecular flexibility index (Phi) is 4.80. The monoisotopic (exact) mass is 397 g/mol. The molecule has 0 fully saturated rings. The van der Waals surface area contributed by atoms with E-state index in [0.29, 0.717) is 11.3 Å². The van der Waals surface area contributed by atoms with Crippen molar-refractivity contribution < 1.29 is 4.79 Å². The summed E-state index contributed by atoms with van der Waals surface area (Å²) < 4.78 is 1.64. The van der Waals surface area contributed by atoms with Gasteiger partial charge in [-0.05, 0) is 74.7 Å². The van der Waals surface area contributed by atoms with Crippen LogP contribution in [0.15, 0.2) is 45.3 Å². The summed E-state index contributed by atoms with van der Waals surface area (Å²) in [4.78, 5) is 12.3. The normalized spacial score (nSPS) is 10.2. The van der Waals surface area contributed by atoms with Crippen LogP contribution >= 0.6 is 31.9 Å². The van der Waals surface area contributed by atoms with Crippen molar-refractivity contribution >= 4 is 49.1 Å². The van der Waals surface area contributed by atoms with E-state index >= 15 is 0 Å². The molecule has 0 bridgehead atoms. The molecule has 0 aliphatic heterocycles. The van der Waals surface area contributed by atoms with Crippen molar-refractivity contribution in [3.05, 3.63) is 56.5 Å². The van der Waals surface area contributed by atoms with Gasteiger partial charge in [-0.15, -0.1) is 0 Å². The second kappa shape index (κ2) is 6.39. The number of para-hydroxylation sites is 1. The fourth-order valence-corrected chi connectivity index (χ4v) is 3.00. The number of benzene rings is 2. The first kappa shape index (κ1) is 15.0. The molecule has 1 amide bonds. The van der Waals surface area contributed by atoms with Gasteiger partial charge in [-0.1, -0.05) is 6.07 Å². The molecule has 0 unspecified atom stereocenters. The largest absolute Gasteiger partial charge is 0.324 e. The number of nitrogens with two attached hydrogens (primary N) is 1. The highest BCUT2D eigenvalue weighted by atomic mass is 79.9. The van der Waals surface area contributed by atoms with Crippen molar-refractivity contribution in [1.82, 2.24) is 0 Å². The quantitative estimate of drug-likeness (QED) is 0.539. The van der Waals surface area contributed by atoms with E-state index in [1.165, 1.54) is 0 Å². The first-order valence-electron chi connectivity index (χ1n) is 5.85. The summed E-state index contributed by atoms with van der Waals surface area (Å²) in [6, 6.07) is 11.0. The van der Waals surface area contributed by atoms with Gasteiger partial charge in [0.2, 0.25) is 0 Å². The molecule has 0 aromatic heterocycles. The first-order valence-corrected chi connectivity index (χ1v) is 7.44. The number of hydrazine groups is 1. The number of nitrogen functional groups attached to an aromatic ring is 1. The standard InChI is InChI=1S/C14H13Br2N3O/c1-8-7-9(19-17)5-6-10(8)14(20)18-13-11(15)3-2-4-12(13)16/h2-7,19H,17H2,1H3,(H,18,20). The number of nitrogens with one attached hydrogen (secondary N) is 2. The number of anilines is 2. The zero-order valence-electron chi connectivity index (χ0n) is 10.7. The van der Waals surface area contributed by atoms with E-state index in [4.69, 9.17) is 5.84 Å². The second-order valence-corrected chi connectivity index (χ2v) is 5.93. The molecule has 4 N–H and O–H groups in total. The molecule has 0 aliphatic rings. The molecule has 104 valence electrons. The highest BCUT2D eigenvalue weighted by molar-refractivity contribution is 9.11. The van der Waals surface area contributed by atoms with Gasteiger partial charge < -0.3 is 10.7 Å². The topological polar surface area (TPSA) is 67.1 Å². The van der Waals surface area contributed by atoms with Crippen molar-refractivity contribution in [2.75, 3.05) is 10.7 Å². The minimum Gasteiger partial charge on any atom is -0.324 e. The highest BCUT2D eigenvalue weighted by Crippen LogP contribution is 2.31. The lowest BCUT2D eigenvalue weighted by Gasteiger charge is -2.12. The number of halogens is 2. The van der Waals surface area contributed by atoms with Crippen molar-refractivity contribution in [2.24, 2.45) is 5.84 Å². The summed E-state index contributed by atoms with van der Waals surface area (Å²) in [5.74, 6) is 5.18. The van der Waals surface area contributed by atoms with Crippen LogP contribution in [0.5, 0.6) is 0 Å². The van der Waals surface area contributed by atoms with Gasteiger partial charge in [-0.2, -0.15) is 0 Å². The van der Waals surface area contributed by atoms with E-state index in [9.17, 15) is 4.79 Å². The van der Waals surface area contributed by atoms with Crippen LogP contribution in [0.1, 0.15) is 15.9 Å². The maximum Gasteiger partial charge on any atom is 0.255 e. The number of carbonyl (C=O) groups is 1. The Morgan fingerprint density at radius 2 is 1.80 bits per heavy atom. The number of amides is 1. The minimum atomic E-state index is -0.168. The van der Waals surface area contributed by atoms with Crippen LogP contribution < -0.4 is 16.6 Å². The Morgan fingerprint density at radius 1 is 1.15 bits per heavy atom. The van der Waals surface area contributed by atoms with Crippen LogP contribution in [0.2, 0.25) is 0 Å². The van der Waals surface area contributed by atoms with Crippen molar-refractivity contribution in [1.29, 1.82) is 0 Å². The molecule has 6 heteroatoms. The molecule has 2 aromatic rings. The van der Waals surface area contributed by atoms with Crippen LogP contribution in [0.4, 0.5) is 11.4 Å². The molecule has 20 heavy (non-hydrogen) atoms. The molecular weight excluding hydrogens is 386 g/mol. The summed E-state index contributed by atoms with van der Waals surface area (Å²) >= 11 is 6.84. The van der Waals surface area contributed by atoms with E-state index in [2.05, 4.69) is 42.6 Å². The number of carbonyl (C=O) groups excluding carboxylic acids is 1. The molecule has 0 saturated heterocycles. The summed E-state index contributed by atoms with van der Waals surface area (Å²) in [5, 5.41) is 2.89. The fraction of sp³-hybridized carbons (Fsp3) is 0.0714.